The molecule has 3 N–H and O–H groups in total. The average Bonchev–Trinajstić information content (AvgIpc) is 3.01. The number of hydrogen-bond acceptors (Lipinski definition) is 9. The monoisotopic (exact) mass is 593 g/mol. The molecule has 3 atom stereocenters. The number of unbranched alkanes of at least 4 members (excludes halogenated alkanes) is 2. The minimum atomic E-state index is -0.292. The highest BCUT2D eigenvalue weighted by atomic mass is 17.2. The Balaban J connectivity index is 1.47. The first kappa shape index (κ1) is 34.1. The second-order valence-electron chi connectivity index (χ2n) is 11.2. The van der Waals surface area contributed by atoms with Crippen LogP contribution < -0.4 is 16.0 Å². The topological polar surface area (TPSA) is 106 Å². The fourth-order valence-corrected chi connectivity index (χ4v) is 4.67. The van der Waals surface area contributed by atoms with Gasteiger partial charge in [-0.05, 0) is 73.6 Å². The number of carbonyl (C=O) groups is 1. The Hall–Kier alpha value is -3.43. The number of aliphatic imine (C=N–C) groups is 2. The summed E-state index contributed by atoms with van der Waals surface area (Å²) in [4.78, 5) is 32.6. The van der Waals surface area contributed by atoms with Gasteiger partial charge in [0.2, 0.25) is 11.9 Å². The van der Waals surface area contributed by atoms with Gasteiger partial charge in [0.25, 0.3) is 0 Å². The molecule has 2 aromatic carbocycles. The molecular weight excluding hydrogens is 542 g/mol. The van der Waals surface area contributed by atoms with Crippen LogP contribution in [0, 0.1) is 11.8 Å². The molecule has 0 saturated carbocycles. The number of benzene rings is 2. The number of esters is 1. The Bertz CT molecular complexity index is 1150. The summed E-state index contributed by atoms with van der Waals surface area (Å²) in [6.45, 7) is 12.2. The molecule has 9 nitrogen and oxygen atoms in total. The van der Waals surface area contributed by atoms with Crippen molar-refractivity contribution < 1.29 is 19.3 Å². The lowest BCUT2D eigenvalue weighted by atomic mass is 10.0. The molecule has 0 aliphatic carbocycles. The smallest absolute Gasteiger partial charge is 0.338 e. The van der Waals surface area contributed by atoms with Gasteiger partial charge >= 0.3 is 5.97 Å². The van der Waals surface area contributed by atoms with E-state index in [-0.39, 0.29) is 12.1 Å². The minimum Gasteiger partial charge on any atom is -0.462 e. The molecule has 0 amide bonds. The van der Waals surface area contributed by atoms with E-state index in [0.29, 0.717) is 49.1 Å². The van der Waals surface area contributed by atoms with Gasteiger partial charge in [-0.2, -0.15) is 4.99 Å². The lowest BCUT2D eigenvalue weighted by Gasteiger charge is -2.21. The zero-order chi connectivity index (χ0) is 30.9. The van der Waals surface area contributed by atoms with Gasteiger partial charge in [0, 0.05) is 11.4 Å². The van der Waals surface area contributed by atoms with Crippen LogP contribution in [0.5, 0.6) is 0 Å². The molecule has 1 heterocycles. The summed E-state index contributed by atoms with van der Waals surface area (Å²) in [5.74, 6) is 1.72. The SMILES string of the molecule is CCCCC(CC)COOCc1ccc(NC2=NC(C)NC(Nc3ccc(C(=O)OCC(CC)CCCC)cc3)=N2)cc1. The Morgan fingerprint density at radius 3 is 2.07 bits per heavy atom. The number of carbonyl (C=O) groups excluding carboxylic acids is 1. The summed E-state index contributed by atoms with van der Waals surface area (Å²) < 4.78 is 5.58. The van der Waals surface area contributed by atoms with Crippen molar-refractivity contribution in [2.45, 2.75) is 98.8 Å². The highest BCUT2D eigenvalue weighted by Gasteiger charge is 2.15. The normalized spacial score (nSPS) is 16.0. The zero-order valence-corrected chi connectivity index (χ0v) is 26.7. The average molecular weight is 594 g/mol. The van der Waals surface area contributed by atoms with Crippen LogP contribution in [-0.4, -0.2) is 37.3 Å². The quantitative estimate of drug-likeness (QED) is 0.0698. The minimum absolute atomic E-state index is 0.176. The fourth-order valence-electron chi connectivity index (χ4n) is 4.67. The molecule has 0 fully saturated rings. The van der Waals surface area contributed by atoms with Crippen LogP contribution in [0.4, 0.5) is 11.4 Å². The third-order valence-electron chi connectivity index (χ3n) is 7.62. The van der Waals surface area contributed by atoms with E-state index in [9.17, 15) is 4.79 Å². The van der Waals surface area contributed by atoms with E-state index in [2.05, 4.69) is 53.6 Å². The van der Waals surface area contributed by atoms with Crippen molar-refractivity contribution in [1.82, 2.24) is 5.32 Å². The van der Waals surface area contributed by atoms with Crippen LogP contribution in [0.3, 0.4) is 0 Å². The molecule has 0 spiro atoms. The number of guanidine groups is 2. The van der Waals surface area contributed by atoms with E-state index in [1.807, 2.05) is 43.3 Å². The first-order valence-electron chi connectivity index (χ1n) is 16.0. The Kier molecular flexibility index (Phi) is 15.0. The number of hydrogen-bond donors (Lipinski definition) is 3. The van der Waals surface area contributed by atoms with Crippen molar-refractivity contribution in [1.29, 1.82) is 0 Å². The summed E-state index contributed by atoms with van der Waals surface area (Å²) in [5.41, 5.74) is 3.22. The molecular formula is C34H51N5O4. The van der Waals surface area contributed by atoms with Crippen molar-refractivity contribution in [3.8, 4) is 0 Å². The van der Waals surface area contributed by atoms with E-state index in [1.54, 1.807) is 12.1 Å². The number of anilines is 2. The number of nitrogens with one attached hydrogen (secondary N) is 3. The highest BCUT2D eigenvalue weighted by Crippen LogP contribution is 2.17. The summed E-state index contributed by atoms with van der Waals surface area (Å²) in [6, 6.07) is 15.1. The molecule has 0 radical (unpaired) electrons. The van der Waals surface area contributed by atoms with Gasteiger partial charge in [-0.25, -0.2) is 19.6 Å². The third-order valence-corrected chi connectivity index (χ3v) is 7.62. The summed E-state index contributed by atoms with van der Waals surface area (Å²) in [6.07, 6.45) is 8.94. The fraction of sp³-hybridized carbons (Fsp3) is 0.559. The van der Waals surface area contributed by atoms with E-state index in [4.69, 9.17) is 14.5 Å². The van der Waals surface area contributed by atoms with Crippen molar-refractivity contribution >= 4 is 29.3 Å². The van der Waals surface area contributed by atoms with Crippen LogP contribution in [0.25, 0.3) is 0 Å². The van der Waals surface area contributed by atoms with Gasteiger partial charge in [0.15, 0.2) is 0 Å². The Morgan fingerprint density at radius 2 is 1.44 bits per heavy atom. The lowest BCUT2D eigenvalue weighted by Crippen LogP contribution is -2.41. The number of ether oxygens (including phenoxy) is 1. The van der Waals surface area contributed by atoms with E-state index >= 15 is 0 Å². The molecule has 236 valence electrons. The standard InChI is InChI=1S/C34H51N5O4/c1-6-10-12-26(8-3)22-41-32(40)29-16-20-31(21-17-29)38-34-36-25(5)35-33(39-34)37-30-18-14-28(15-19-30)24-43-42-23-27(9-4)13-11-7-2/h14-21,25-27H,6-13,22-24H2,1-5H3,(H3,35,36,37,38,39). The summed E-state index contributed by atoms with van der Waals surface area (Å²) in [5, 5.41) is 9.77. The van der Waals surface area contributed by atoms with Crippen molar-refractivity contribution in [3.05, 3.63) is 59.7 Å². The van der Waals surface area contributed by atoms with Gasteiger partial charge in [-0.1, -0.05) is 78.4 Å². The molecule has 1 aliphatic rings. The molecule has 0 aromatic heterocycles. The maximum Gasteiger partial charge on any atom is 0.338 e. The van der Waals surface area contributed by atoms with Crippen molar-refractivity contribution in [2.24, 2.45) is 21.8 Å². The van der Waals surface area contributed by atoms with Gasteiger partial charge in [0.05, 0.1) is 18.8 Å². The zero-order valence-electron chi connectivity index (χ0n) is 26.7. The molecule has 3 rings (SSSR count). The van der Waals surface area contributed by atoms with Crippen LogP contribution in [-0.2, 0) is 21.1 Å². The maximum atomic E-state index is 12.5. The molecule has 2 aromatic rings. The molecule has 0 saturated heterocycles. The Morgan fingerprint density at radius 1 is 0.837 bits per heavy atom. The van der Waals surface area contributed by atoms with E-state index in [0.717, 1.165) is 49.0 Å². The largest absolute Gasteiger partial charge is 0.462 e. The molecule has 0 bridgehead atoms. The predicted molar refractivity (Wildman–Crippen MR) is 175 cm³/mol. The summed E-state index contributed by atoms with van der Waals surface area (Å²) in [7, 11) is 0. The molecule has 9 heteroatoms. The van der Waals surface area contributed by atoms with Gasteiger partial charge in [0.1, 0.15) is 12.8 Å². The summed E-state index contributed by atoms with van der Waals surface area (Å²) >= 11 is 0. The first-order chi connectivity index (χ1) is 20.9. The van der Waals surface area contributed by atoms with E-state index < -0.39 is 0 Å². The Labute approximate surface area is 257 Å². The highest BCUT2D eigenvalue weighted by molar-refractivity contribution is 6.07. The van der Waals surface area contributed by atoms with Crippen molar-refractivity contribution in [3.63, 3.8) is 0 Å². The van der Waals surface area contributed by atoms with Crippen LogP contribution in [0.2, 0.25) is 0 Å². The van der Waals surface area contributed by atoms with Gasteiger partial charge in [-0.15, -0.1) is 0 Å². The van der Waals surface area contributed by atoms with Gasteiger partial charge in [-0.3, -0.25) is 0 Å². The van der Waals surface area contributed by atoms with Gasteiger partial charge < -0.3 is 20.7 Å². The predicted octanol–water partition coefficient (Wildman–Crippen LogP) is 7.91. The number of nitrogens with zero attached hydrogens (tertiary/aromatic N) is 2. The second-order valence-corrected chi connectivity index (χ2v) is 11.2. The van der Waals surface area contributed by atoms with Crippen LogP contribution in [0.1, 0.15) is 102 Å². The second kappa shape index (κ2) is 19.0. The van der Waals surface area contributed by atoms with E-state index in [1.165, 1.54) is 19.3 Å². The van der Waals surface area contributed by atoms with Crippen LogP contribution >= 0.6 is 0 Å². The number of rotatable bonds is 18. The molecule has 3 unspecified atom stereocenters. The maximum absolute atomic E-state index is 12.5. The third kappa shape index (κ3) is 12.4. The first-order valence-corrected chi connectivity index (χ1v) is 16.0. The lowest BCUT2D eigenvalue weighted by molar-refractivity contribution is -0.310. The molecule has 43 heavy (non-hydrogen) atoms. The molecule has 1 aliphatic heterocycles. The van der Waals surface area contributed by atoms with Crippen molar-refractivity contribution in [2.75, 3.05) is 23.8 Å². The van der Waals surface area contributed by atoms with Crippen LogP contribution in [0.15, 0.2) is 58.5 Å².